The van der Waals surface area contributed by atoms with Gasteiger partial charge in [-0.25, -0.2) is 4.79 Å². The van der Waals surface area contributed by atoms with Crippen molar-refractivity contribution < 1.29 is 33.8 Å². The van der Waals surface area contributed by atoms with E-state index >= 15 is 0 Å². The largest absolute Gasteiger partial charge is 0.507 e. The van der Waals surface area contributed by atoms with Crippen molar-refractivity contribution >= 4 is 36.5 Å². The number of amides is 3. The number of carbonyl (C=O) groups excluding carboxylic acids is 4. The Morgan fingerprint density at radius 2 is 1.89 bits per heavy atom. The Labute approximate surface area is 211 Å². The third-order valence-corrected chi connectivity index (χ3v) is 5.98. The fourth-order valence-corrected chi connectivity index (χ4v) is 3.89. The summed E-state index contributed by atoms with van der Waals surface area (Å²) in [5.41, 5.74) is -0.0410. The summed E-state index contributed by atoms with van der Waals surface area (Å²) >= 11 is 4.25. The number of para-hydroxylation sites is 1. The van der Waals surface area contributed by atoms with E-state index in [-0.39, 0.29) is 23.1 Å². The van der Waals surface area contributed by atoms with Gasteiger partial charge in [-0.3, -0.25) is 14.4 Å². The van der Waals surface area contributed by atoms with E-state index in [4.69, 9.17) is 4.74 Å². The molecule has 2 rings (SSSR count). The summed E-state index contributed by atoms with van der Waals surface area (Å²) in [6, 6.07) is 2.26. The van der Waals surface area contributed by atoms with Gasteiger partial charge in [-0.15, -0.1) is 0 Å². The molecule has 3 amide bonds. The number of methoxy groups -OCH3 is 1. The second kappa shape index (κ2) is 12.1. The van der Waals surface area contributed by atoms with Gasteiger partial charge < -0.3 is 30.1 Å². The van der Waals surface area contributed by atoms with Crippen molar-refractivity contribution in [1.29, 1.82) is 0 Å². The van der Waals surface area contributed by atoms with Gasteiger partial charge in [-0.05, 0) is 52.5 Å². The summed E-state index contributed by atoms with van der Waals surface area (Å²) < 4.78 is 9.88. The average molecular weight is 510 g/mol. The van der Waals surface area contributed by atoms with Gasteiger partial charge in [-0.1, -0.05) is 18.2 Å². The number of carbonyl (C=O) groups is 4. The van der Waals surface area contributed by atoms with E-state index in [9.17, 15) is 24.3 Å². The highest BCUT2D eigenvalue weighted by Crippen LogP contribution is 2.37. The maximum atomic E-state index is 13.8. The van der Waals surface area contributed by atoms with Crippen molar-refractivity contribution in [2.45, 2.75) is 70.7 Å². The van der Waals surface area contributed by atoms with Crippen molar-refractivity contribution in [2.24, 2.45) is 0 Å². The molecule has 0 aliphatic heterocycles. The van der Waals surface area contributed by atoms with Crippen molar-refractivity contribution in [3.05, 3.63) is 29.3 Å². The average Bonchev–Trinajstić information content (AvgIpc) is 2.75. The molecule has 0 bridgehead atoms. The van der Waals surface area contributed by atoms with Crippen LogP contribution in [0.5, 0.6) is 5.75 Å². The van der Waals surface area contributed by atoms with Crippen molar-refractivity contribution in [2.75, 3.05) is 19.4 Å². The molecule has 2 unspecified atom stereocenters. The number of aryl methyl sites for hydroxylation is 1. The molecular weight excluding hydrogens is 474 g/mol. The number of phenols is 1. The molecule has 3 N–H and O–H groups in total. The van der Waals surface area contributed by atoms with Crippen LogP contribution in [0.3, 0.4) is 0 Å². The van der Waals surface area contributed by atoms with Gasteiger partial charge in [0.15, 0.2) is 0 Å². The molecular formula is C24H35N3O7S. The number of thiol groups is 1. The van der Waals surface area contributed by atoms with Crippen molar-refractivity contribution in [3.63, 3.8) is 0 Å². The summed E-state index contributed by atoms with van der Waals surface area (Å²) in [6.45, 7) is 6.38. The highest BCUT2D eigenvalue weighted by molar-refractivity contribution is 7.80. The highest BCUT2D eigenvalue weighted by atomic mass is 32.1. The molecule has 1 aromatic carbocycles. The first kappa shape index (κ1) is 28.3. The number of alkyl carbamates (subject to hydrolysis) is 1. The quantitative estimate of drug-likeness (QED) is 0.296. The summed E-state index contributed by atoms with van der Waals surface area (Å²) in [5.74, 6) is -2.05. The Morgan fingerprint density at radius 3 is 2.40 bits per heavy atom. The molecule has 0 heterocycles. The second-order valence-electron chi connectivity index (χ2n) is 9.42. The molecule has 2 atom stereocenters. The zero-order chi connectivity index (χ0) is 26.3. The van der Waals surface area contributed by atoms with Gasteiger partial charge in [0.25, 0.3) is 0 Å². The SMILES string of the molecule is COC(=O)CNC(=O)C(c1cccc(C)c1O)N(C(=O)C(CS)NC(=O)OC(C)(C)C)C1CCC1. The lowest BCUT2D eigenvalue weighted by atomic mass is 9.87. The summed E-state index contributed by atoms with van der Waals surface area (Å²) in [7, 11) is 1.20. The topological polar surface area (TPSA) is 134 Å². The van der Waals surface area contributed by atoms with E-state index < -0.39 is 48.1 Å². The number of nitrogens with zero attached hydrogens (tertiary/aromatic N) is 1. The molecule has 0 spiro atoms. The highest BCUT2D eigenvalue weighted by Gasteiger charge is 2.42. The number of ether oxygens (including phenoxy) is 2. The number of rotatable bonds is 9. The van der Waals surface area contributed by atoms with E-state index in [0.717, 1.165) is 6.42 Å². The summed E-state index contributed by atoms with van der Waals surface area (Å²) in [4.78, 5) is 52.6. The molecule has 0 aromatic heterocycles. The molecule has 1 saturated carbocycles. The fraction of sp³-hybridized carbons (Fsp3) is 0.583. The number of phenolic OH excluding ortho intramolecular Hbond substituents is 1. The minimum Gasteiger partial charge on any atom is -0.507 e. The van der Waals surface area contributed by atoms with E-state index in [1.54, 1.807) is 45.9 Å². The predicted molar refractivity (Wildman–Crippen MR) is 132 cm³/mol. The number of benzene rings is 1. The summed E-state index contributed by atoms with van der Waals surface area (Å²) in [5, 5.41) is 15.8. The lowest BCUT2D eigenvalue weighted by molar-refractivity contribution is -0.148. The smallest absolute Gasteiger partial charge is 0.408 e. The number of nitrogens with one attached hydrogen (secondary N) is 2. The van der Waals surface area contributed by atoms with Crippen LogP contribution < -0.4 is 10.6 Å². The monoisotopic (exact) mass is 509 g/mol. The van der Waals surface area contributed by atoms with Gasteiger partial charge >= 0.3 is 12.1 Å². The number of hydrogen-bond donors (Lipinski definition) is 4. The fourth-order valence-electron chi connectivity index (χ4n) is 3.65. The minimum atomic E-state index is -1.25. The maximum Gasteiger partial charge on any atom is 0.408 e. The Hall–Kier alpha value is -2.95. The van der Waals surface area contributed by atoms with Crippen LogP contribution in [-0.4, -0.2) is 71.0 Å². The van der Waals surface area contributed by atoms with E-state index in [1.807, 2.05) is 0 Å². The van der Waals surface area contributed by atoms with Gasteiger partial charge in [-0.2, -0.15) is 12.6 Å². The van der Waals surface area contributed by atoms with Gasteiger partial charge in [0.2, 0.25) is 11.8 Å². The molecule has 0 saturated heterocycles. The van der Waals surface area contributed by atoms with Crippen molar-refractivity contribution in [1.82, 2.24) is 15.5 Å². The van der Waals surface area contributed by atoms with Gasteiger partial charge in [0.1, 0.15) is 30.0 Å². The molecule has 1 aromatic rings. The van der Waals surface area contributed by atoms with Crippen LogP contribution in [0, 0.1) is 6.92 Å². The Bertz CT molecular complexity index is 944. The first-order chi connectivity index (χ1) is 16.4. The van der Waals surface area contributed by atoms with Crippen LogP contribution >= 0.6 is 12.6 Å². The van der Waals surface area contributed by atoms with Crippen LogP contribution in [0.15, 0.2) is 18.2 Å². The number of esters is 1. The van der Waals surface area contributed by atoms with Crippen LogP contribution in [0.4, 0.5) is 4.79 Å². The zero-order valence-electron chi connectivity index (χ0n) is 20.8. The Morgan fingerprint density at radius 1 is 1.23 bits per heavy atom. The molecule has 194 valence electrons. The molecule has 1 fully saturated rings. The van der Waals surface area contributed by atoms with Crippen molar-refractivity contribution in [3.8, 4) is 5.75 Å². The van der Waals surface area contributed by atoms with Crippen LogP contribution in [0.2, 0.25) is 0 Å². The molecule has 10 nitrogen and oxygen atoms in total. The van der Waals surface area contributed by atoms with E-state index in [1.165, 1.54) is 12.0 Å². The maximum absolute atomic E-state index is 13.8. The standard InChI is InChI=1S/C24H35N3O7S/c1-14-8-6-11-16(20(14)29)19(21(30)25-12-18(28)33-5)27(15-9-7-10-15)22(31)17(13-35)26-23(32)34-24(2,3)4/h6,8,11,15,17,19,29,35H,7,9-10,12-13H2,1-5H3,(H,25,30)(H,26,32). The third-order valence-electron chi connectivity index (χ3n) is 5.62. The minimum absolute atomic E-state index is 0.0441. The van der Waals surface area contributed by atoms with Crippen LogP contribution in [-0.2, 0) is 23.9 Å². The number of hydrogen-bond acceptors (Lipinski definition) is 8. The third kappa shape index (κ3) is 7.51. The zero-order valence-corrected chi connectivity index (χ0v) is 21.7. The first-order valence-electron chi connectivity index (χ1n) is 11.4. The molecule has 35 heavy (non-hydrogen) atoms. The number of aromatic hydroxyl groups is 1. The van der Waals surface area contributed by atoms with E-state index in [2.05, 4.69) is 28.0 Å². The normalized spacial score (nSPS) is 15.3. The molecule has 0 radical (unpaired) electrons. The predicted octanol–water partition coefficient (Wildman–Crippen LogP) is 2.24. The lowest BCUT2D eigenvalue weighted by Crippen LogP contribution is -2.58. The molecule has 1 aliphatic carbocycles. The molecule has 11 heteroatoms. The summed E-state index contributed by atoms with van der Waals surface area (Å²) in [6.07, 6.45) is 1.36. The van der Waals surface area contributed by atoms with Gasteiger partial charge in [0.05, 0.1) is 7.11 Å². The Kier molecular flexibility index (Phi) is 9.82. The van der Waals surface area contributed by atoms with Gasteiger partial charge in [0, 0.05) is 17.4 Å². The van der Waals surface area contributed by atoms with E-state index in [0.29, 0.717) is 18.4 Å². The van der Waals surface area contributed by atoms with Crippen LogP contribution in [0.25, 0.3) is 0 Å². The first-order valence-corrected chi connectivity index (χ1v) is 12.1. The lowest BCUT2D eigenvalue weighted by Gasteiger charge is -2.43. The Balaban J connectivity index is 2.47. The molecule has 1 aliphatic rings. The second-order valence-corrected chi connectivity index (χ2v) is 9.79. The van der Waals surface area contributed by atoms with Crippen LogP contribution in [0.1, 0.15) is 57.2 Å².